The van der Waals surface area contributed by atoms with Gasteiger partial charge in [0.2, 0.25) is 0 Å². The molecule has 0 bridgehead atoms. The van der Waals surface area contributed by atoms with Gasteiger partial charge in [-0.2, -0.15) is 0 Å². The Bertz CT molecular complexity index is 1040. The van der Waals surface area contributed by atoms with Gasteiger partial charge in [0.25, 0.3) is 5.56 Å². The maximum absolute atomic E-state index is 13.1. The van der Waals surface area contributed by atoms with E-state index < -0.39 is 5.92 Å². The van der Waals surface area contributed by atoms with Crippen LogP contribution in [0, 0.1) is 5.41 Å². The van der Waals surface area contributed by atoms with Gasteiger partial charge < -0.3 is 10.3 Å². The zero-order chi connectivity index (χ0) is 19.9. The molecule has 6 heteroatoms. The summed E-state index contributed by atoms with van der Waals surface area (Å²) in [7, 11) is 0. The molecule has 28 heavy (non-hydrogen) atoms. The first-order valence-corrected chi connectivity index (χ1v) is 10.3. The van der Waals surface area contributed by atoms with Crippen molar-refractivity contribution in [3.05, 3.63) is 75.7 Å². The zero-order valence-corrected chi connectivity index (χ0v) is 16.9. The Morgan fingerprint density at radius 3 is 2.71 bits per heavy atom. The molecule has 2 N–H and O–H groups in total. The lowest BCUT2D eigenvalue weighted by Crippen LogP contribution is -2.37. The van der Waals surface area contributed by atoms with Crippen molar-refractivity contribution in [1.82, 2.24) is 9.97 Å². The topological polar surface area (TPSA) is 74.8 Å². The van der Waals surface area contributed by atoms with Gasteiger partial charge in [0, 0.05) is 29.4 Å². The number of H-pyrrole nitrogens is 1. The first-order valence-electron chi connectivity index (χ1n) is 9.36. The van der Waals surface area contributed by atoms with E-state index in [4.69, 9.17) is 0 Å². The number of thioether (sulfide) groups is 1. The van der Waals surface area contributed by atoms with Crippen molar-refractivity contribution < 1.29 is 4.79 Å². The van der Waals surface area contributed by atoms with Crippen LogP contribution in [0.1, 0.15) is 43.7 Å². The lowest BCUT2D eigenvalue weighted by molar-refractivity contribution is -0.118. The molecule has 2 heterocycles. The molecule has 0 saturated carbocycles. The average Bonchev–Trinajstić information content (AvgIpc) is 2.64. The summed E-state index contributed by atoms with van der Waals surface area (Å²) in [6.07, 6.45) is 3.00. The predicted molar refractivity (Wildman–Crippen MR) is 113 cm³/mol. The summed E-state index contributed by atoms with van der Waals surface area (Å²) in [5, 5.41) is 3.88. The number of carbonyl (C=O) groups is 1. The van der Waals surface area contributed by atoms with E-state index in [9.17, 15) is 9.59 Å². The smallest absolute Gasteiger partial charge is 0.257 e. The van der Waals surface area contributed by atoms with E-state index in [-0.39, 0.29) is 16.8 Å². The Morgan fingerprint density at radius 1 is 1.25 bits per heavy atom. The van der Waals surface area contributed by atoms with Crippen LogP contribution in [0.15, 0.2) is 64.2 Å². The average molecular weight is 394 g/mol. The third-order valence-electron chi connectivity index (χ3n) is 5.17. The molecule has 5 nitrogen and oxygen atoms in total. The van der Waals surface area contributed by atoms with Crippen LogP contribution in [-0.4, -0.2) is 21.5 Å². The van der Waals surface area contributed by atoms with E-state index >= 15 is 0 Å². The van der Waals surface area contributed by atoms with Crippen molar-refractivity contribution in [2.24, 2.45) is 5.41 Å². The van der Waals surface area contributed by atoms with Crippen molar-refractivity contribution in [2.45, 2.75) is 37.8 Å². The fourth-order valence-corrected chi connectivity index (χ4v) is 4.67. The molecular weight excluding hydrogens is 370 g/mol. The highest BCUT2D eigenvalue weighted by Gasteiger charge is 2.42. The van der Waals surface area contributed by atoms with Gasteiger partial charge in [0.15, 0.2) is 10.9 Å². The van der Waals surface area contributed by atoms with Gasteiger partial charge in [-0.1, -0.05) is 62.0 Å². The van der Waals surface area contributed by atoms with E-state index in [1.165, 1.54) is 11.8 Å². The van der Waals surface area contributed by atoms with E-state index in [1.54, 1.807) is 6.08 Å². The molecule has 1 aromatic carbocycles. The maximum atomic E-state index is 13.1. The fourth-order valence-electron chi connectivity index (χ4n) is 4.08. The Labute approximate surface area is 168 Å². The number of rotatable bonds is 4. The van der Waals surface area contributed by atoms with Crippen molar-refractivity contribution in [3.8, 4) is 0 Å². The number of aromatic amines is 1. The number of allylic oxidation sites excluding steroid dienone is 2. The molecule has 1 aromatic heterocycles. The number of benzene rings is 1. The number of fused-ring (bicyclic) bond motifs is 1. The number of hydrogen-bond acceptors (Lipinski definition) is 5. The second kappa shape index (κ2) is 7.09. The van der Waals surface area contributed by atoms with Crippen LogP contribution in [0.3, 0.4) is 0 Å². The largest absolute Gasteiger partial charge is 0.343 e. The van der Waals surface area contributed by atoms with Crippen LogP contribution in [0.4, 0.5) is 5.82 Å². The van der Waals surface area contributed by atoms with Crippen LogP contribution in [0.25, 0.3) is 0 Å². The van der Waals surface area contributed by atoms with Crippen LogP contribution >= 0.6 is 11.8 Å². The minimum Gasteiger partial charge on any atom is -0.343 e. The monoisotopic (exact) mass is 393 g/mol. The summed E-state index contributed by atoms with van der Waals surface area (Å²) in [6.45, 7) is 7.91. The number of ketones is 1. The summed E-state index contributed by atoms with van der Waals surface area (Å²) in [5.41, 5.74) is 2.72. The van der Waals surface area contributed by atoms with Gasteiger partial charge in [-0.3, -0.25) is 9.59 Å². The molecule has 0 spiro atoms. The molecular formula is C22H23N3O2S. The molecule has 0 saturated heterocycles. The van der Waals surface area contributed by atoms with Crippen LogP contribution in [-0.2, 0) is 4.79 Å². The molecule has 0 unspecified atom stereocenters. The molecule has 4 rings (SSSR count). The number of aromatic nitrogens is 2. The first-order chi connectivity index (χ1) is 13.4. The number of nitrogens with one attached hydrogen (secondary N) is 2. The summed E-state index contributed by atoms with van der Waals surface area (Å²) in [6, 6.07) is 9.74. The molecule has 0 amide bonds. The van der Waals surface area contributed by atoms with Crippen molar-refractivity contribution >= 4 is 23.4 Å². The molecule has 2 aromatic rings. The lowest BCUT2D eigenvalue weighted by Gasteiger charge is -2.38. The Kier molecular flexibility index (Phi) is 4.75. The minimum atomic E-state index is -0.397. The predicted octanol–water partition coefficient (Wildman–Crippen LogP) is 4.25. The van der Waals surface area contributed by atoms with E-state index in [2.05, 4.69) is 35.7 Å². The number of Topliss-reactive ketones (excluding diaryl/α,β-unsaturated/α-hetero) is 1. The standard InChI is InChI=1S/C22H23N3O2S/c1-4-10-28-21-24-19-18(20(27)25-21)16(13-8-6-5-7-9-13)17-14(23-19)11-22(2,3)12-15(17)26/h4-9,16H,1,10-12H2,2-3H3,(H2,23,24,25,27)/t16-/m1/s1. The molecule has 1 atom stereocenters. The molecule has 2 aliphatic rings. The van der Waals surface area contributed by atoms with E-state index in [1.807, 2.05) is 30.3 Å². The third kappa shape index (κ3) is 3.33. The Morgan fingerprint density at radius 2 is 2.00 bits per heavy atom. The number of hydrogen-bond donors (Lipinski definition) is 2. The van der Waals surface area contributed by atoms with Crippen LogP contribution in [0.5, 0.6) is 0 Å². The molecule has 0 fully saturated rings. The number of nitrogens with zero attached hydrogens (tertiary/aromatic N) is 1. The van der Waals surface area contributed by atoms with Gasteiger partial charge in [-0.05, 0) is 17.4 Å². The second-order valence-electron chi connectivity index (χ2n) is 8.03. The van der Waals surface area contributed by atoms with E-state index in [0.29, 0.717) is 34.3 Å². The van der Waals surface area contributed by atoms with Crippen LogP contribution < -0.4 is 10.9 Å². The quantitative estimate of drug-likeness (QED) is 0.461. The second-order valence-corrected chi connectivity index (χ2v) is 9.04. The van der Waals surface area contributed by atoms with Gasteiger partial charge in [-0.15, -0.1) is 6.58 Å². The Hall–Kier alpha value is -2.60. The summed E-state index contributed by atoms with van der Waals surface area (Å²) < 4.78 is 0. The number of carbonyl (C=O) groups excluding carboxylic acids is 1. The third-order valence-corrected chi connectivity index (χ3v) is 6.04. The normalized spacial score (nSPS) is 20.2. The molecule has 0 radical (unpaired) electrons. The molecule has 1 aliphatic carbocycles. The maximum Gasteiger partial charge on any atom is 0.257 e. The van der Waals surface area contributed by atoms with Gasteiger partial charge >= 0.3 is 0 Å². The zero-order valence-electron chi connectivity index (χ0n) is 16.0. The van der Waals surface area contributed by atoms with Crippen molar-refractivity contribution in [3.63, 3.8) is 0 Å². The summed E-state index contributed by atoms with van der Waals surface area (Å²) >= 11 is 1.43. The van der Waals surface area contributed by atoms with E-state index in [0.717, 1.165) is 17.7 Å². The lowest BCUT2D eigenvalue weighted by atomic mass is 9.69. The Balaban J connectivity index is 1.92. The highest BCUT2D eigenvalue weighted by atomic mass is 32.2. The molecule has 1 aliphatic heterocycles. The first kappa shape index (κ1) is 18.7. The highest BCUT2D eigenvalue weighted by Crippen LogP contribution is 2.47. The number of anilines is 1. The minimum absolute atomic E-state index is 0.0998. The molecule has 144 valence electrons. The summed E-state index contributed by atoms with van der Waals surface area (Å²) in [4.78, 5) is 33.7. The van der Waals surface area contributed by atoms with Gasteiger partial charge in [-0.25, -0.2) is 4.98 Å². The summed E-state index contributed by atoms with van der Waals surface area (Å²) in [5.74, 6) is 0.908. The highest BCUT2D eigenvalue weighted by molar-refractivity contribution is 7.99. The van der Waals surface area contributed by atoms with Crippen LogP contribution in [0.2, 0.25) is 0 Å². The van der Waals surface area contributed by atoms with Crippen molar-refractivity contribution in [1.29, 1.82) is 0 Å². The van der Waals surface area contributed by atoms with Gasteiger partial charge in [0.1, 0.15) is 5.82 Å². The SMILES string of the molecule is C=CCSc1nc2c(c(=O)[nH]1)[C@H](c1ccccc1)C1=C(CC(C)(C)CC1=O)N2. The fraction of sp³-hybridized carbons (Fsp3) is 0.318. The van der Waals surface area contributed by atoms with Crippen molar-refractivity contribution in [2.75, 3.05) is 11.1 Å². The van der Waals surface area contributed by atoms with Gasteiger partial charge in [0.05, 0.1) is 5.56 Å².